The van der Waals surface area contributed by atoms with E-state index in [1.165, 1.54) is 48.1 Å². The Kier molecular flexibility index (Phi) is 11.2. The minimum atomic E-state index is -4.72. The molecule has 1 spiro atoms. The summed E-state index contributed by atoms with van der Waals surface area (Å²) in [5, 5.41) is 26.3. The average molecular weight is 963 g/mol. The molecule has 0 bridgehead atoms. The molecule has 4 N–H and O–H groups in total. The largest absolute Gasteiger partial charge is 0.489 e. The van der Waals surface area contributed by atoms with E-state index in [1.54, 1.807) is 19.1 Å². The molecule has 4 aliphatic heterocycles. The molecule has 0 radical (unpaired) electrons. The highest BCUT2D eigenvalue weighted by atomic mass is 32.2. The molecule has 3 unspecified atom stereocenters. The van der Waals surface area contributed by atoms with E-state index in [1.807, 2.05) is 0 Å². The molecular formula is C51H59FN8O8S. The second-order valence-corrected chi connectivity index (χ2v) is 22.8. The van der Waals surface area contributed by atoms with Gasteiger partial charge in [0.15, 0.2) is 11.4 Å². The van der Waals surface area contributed by atoms with Gasteiger partial charge < -0.3 is 29.8 Å². The van der Waals surface area contributed by atoms with E-state index in [2.05, 4.69) is 79.9 Å². The maximum atomic E-state index is 14.7. The van der Waals surface area contributed by atoms with Gasteiger partial charge in [0.2, 0.25) is 0 Å². The van der Waals surface area contributed by atoms with Crippen LogP contribution < -0.4 is 24.4 Å². The van der Waals surface area contributed by atoms with Crippen molar-refractivity contribution in [2.75, 3.05) is 50.1 Å². The molecular weight excluding hydrogens is 904 g/mol. The minimum absolute atomic E-state index is 0.0177. The topological polar surface area (TPSA) is 195 Å². The number of fused-ring (bicyclic) bond motifs is 3. The van der Waals surface area contributed by atoms with Crippen LogP contribution in [0, 0.1) is 27.3 Å². The Balaban J connectivity index is 0.811. The monoisotopic (exact) mass is 962 g/mol. The Labute approximate surface area is 400 Å². The number of amides is 1. The molecule has 11 rings (SSSR count). The van der Waals surface area contributed by atoms with Gasteiger partial charge in [-0.3, -0.25) is 24.7 Å². The summed E-state index contributed by atoms with van der Waals surface area (Å²) in [5.41, 5.74) is 2.89. The van der Waals surface area contributed by atoms with E-state index < -0.39 is 42.9 Å². The number of aromatic amines is 1. The number of likely N-dealkylation sites (tertiary alicyclic amines) is 2. The summed E-state index contributed by atoms with van der Waals surface area (Å²) in [6.45, 7) is 10.2. The second-order valence-electron chi connectivity index (χ2n) is 21.1. The first-order chi connectivity index (χ1) is 33.0. The van der Waals surface area contributed by atoms with E-state index in [0.717, 1.165) is 50.8 Å². The Hall–Kier alpha value is -5.82. The SMILES string of the molecule is CC(C)c1ccccc1[C@@H]1C2C(C[C@@H]1N1CC3(CCN(c4ccc(C(=O)NS(=O)(=O)c5cc6c(c([N+](=O)[O-])c5)N[C@@H]([C@H]5CC[C@](C)(O)CC5)CO6)c(Oc5cnc6[nH]cc(F)c6c5)c4)CC3)C1)N2C. The summed E-state index contributed by atoms with van der Waals surface area (Å²) in [6, 6.07) is 19.0. The van der Waals surface area contributed by atoms with Gasteiger partial charge in [0.05, 0.1) is 38.6 Å². The van der Waals surface area contributed by atoms with E-state index in [4.69, 9.17) is 9.47 Å². The second kappa shape index (κ2) is 16.9. The summed E-state index contributed by atoms with van der Waals surface area (Å²) in [4.78, 5) is 39.9. The number of nitro benzene ring substituents is 1. The maximum absolute atomic E-state index is 14.7. The van der Waals surface area contributed by atoms with Gasteiger partial charge in [0, 0.05) is 80.3 Å². The lowest BCUT2D eigenvalue weighted by Gasteiger charge is -2.57. The van der Waals surface area contributed by atoms with Crippen LogP contribution >= 0.6 is 0 Å². The molecule has 2 aliphatic carbocycles. The number of nitro groups is 1. The van der Waals surface area contributed by atoms with Crippen molar-refractivity contribution in [3.8, 4) is 17.2 Å². The fourth-order valence-electron chi connectivity index (χ4n) is 12.4. The zero-order chi connectivity index (χ0) is 48.1. The zero-order valence-corrected chi connectivity index (χ0v) is 40.1. The van der Waals surface area contributed by atoms with Crippen LogP contribution in [0.1, 0.15) is 99.0 Å². The number of piperidine rings is 2. The van der Waals surface area contributed by atoms with Crippen molar-refractivity contribution < 1.29 is 37.1 Å². The van der Waals surface area contributed by atoms with Gasteiger partial charge in [0.1, 0.15) is 29.6 Å². The highest BCUT2D eigenvalue weighted by molar-refractivity contribution is 7.90. The normalized spacial score (nSPS) is 28.3. The van der Waals surface area contributed by atoms with Gasteiger partial charge in [0.25, 0.3) is 21.6 Å². The molecule has 5 aromatic rings. The summed E-state index contributed by atoms with van der Waals surface area (Å²) in [6.07, 6.45) is 8.29. The third-order valence-electron chi connectivity index (χ3n) is 16.4. The fraction of sp³-hybridized carbons (Fsp3) is 0.490. The fourth-order valence-corrected chi connectivity index (χ4v) is 13.4. The molecule has 3 aromatic carbocycles. The summed E-state index contributed by atoms with van der Waals surface area (Å²) >= 11 is 0. The third kappa shape index (κ3) is 8.35. The van der Waals surface area contributed by atoms with Crippen LogP contribution in [0.3, 0.4) is 0 Å². The number of nitrogens with one attached hydrogen (secondary N) is 3. The Morgan fingerprint density at radius 3 is 2.55 bits per heavy atom. The average Bonchev–Trinajstić information content (AvgIpc) is 3.56. The lowest BCUT2D eigenvalue weighted by atomic mass is 9.70. The molecule has 2 aromatic heterocycles. The van der Waals surface area contributed by atoms with Gasteiger partial charge >= 0.3 is 0 Å². The number of likely N-dealkylation sites (N-methyl/N-ethyl adjacent to an activating group) is 1. The maximum Gasteiger partial charge on any atom is 0.297 e. The molecule has 3 saturated heterocycles. The number of halogens is 1. The smallest absolute Gasteiger partial charge is 0.297 e. The van der Waals surface area contributed by atoms with Gasteiger partial charge in [-0.25, -0.2) is 22.5 Å². The highest BCUT2D eigenvalue weighted by Crippen LogP contribution is 2.56. The van der Waals surface area contributed by atoms with E-state index in [9.17, 15) is 32.8 Å². The standard InChI is InChI=1S/C51H59FN8O8S/c1-29(2)34-7-5-6-8-35(34)45-40(23-42-47(45)57(42)4)59-27-51(28-59)15-17-58(18-16-51)31-9-10-36(43(19-31)68-32-20-37-38(52)25-54-48(37)53-24-32)49(61)56-69(65,66)33-21-41(60(63)64)46-44(22-33)67-26-39(55-46)30-11-13-50(3,62)14-12-30/h5-10,19-22,24-25,29-30,39-40,42,45,47,55,62H,11-18,23,26-28H2,1-4H3,(H,53,54)(H,56,61)/t30-,39-,40+,42?,45+,47?,50-,57?/m1/s1. The Morgan fingerprint density at radius 2 is 1.81 bits per heavy atom. The lowest BCUT2D eigenvalue weighted by Crippen LogP contribution is -2.64. The van der Waals surface area contributed by atoms with Crippen LogP contribution in [0.4, 0.5) is 21.5 Å². The number of carbonyl (C=O) groups is 1. The minimum Gasteiger partial charge on any atom is -0.489 e. The Bertz CT molecular complexity index is 2960. The highest BCUT2D eigenvalue weighted by Gasteiger charge is 2.62. The Morgan fingerprint density at radius 1 is 1.06 bits per heavy atom. The van der Waals surface area contributed by atoms with Crippen LogP contribution in [-0.2, 0) is 10.0 Å². The molecule has 6 heterocycles. The molecule has 16 nitrogen and oxygen atoms in total. The summed E-state index contributed by atoms with van der Waals surface area (Å²) in [5.74, 6) is -0.418. The molecule has 1 amide bonds. The lowest BCUT2D eigenvalue weighted by molar-refractivity contribution is -0.384. The van der Waals surface area contributed by atoms with Crippen LogP contribution in [-0.4, -0.2) is 114 Å². The number of ether oxygens (including phenoxy) is 2. The molecule has 364 valence electrons. The molecule has 18 heteroatoms. The number of hydrogen-bond donors (Lipinski definition) is 4. The van der Waals surface area contributed by atoms with E-state index in [0.29, 0.717) is 61.3 Å². The van der Waals surface area contributed by atoms with Crippen molar-refractivity contribution in [3.05, 3.63) is 106 Å². The molecule has 5 fully saturated rings. The van der Waals surface area contributed by atoms with Crippen molar-refractivity contribution in [2.24, 2.45) is 11.3 Å². The van der Waals surface area contributed by atoms with Gasteiger partial charge in [-0.15, -0.1) is 0 Å². The number of H-pyrrole nitrogens is 1. The van der Waals surface area contributed by atoms with Crippen LogP contribution in [0.15, 0.2) is 78.0 Å². The van der Waals surface area contributed by atoms with E-state index in [-0.39, 0.29) is 57.9 Å². The first kappa shape index (κ1) is 45.6. The predicted octanol–water partition coefficient (Wildman–Crippen LogP) is 7.90. The van der Waals surface area contributed by atoms with Crippen LogP contribution in [0.2, 0.25) is 0 Å². The van der Waals surface area contributed by atoms with Crippen molar-refractivity contribution in [3.63, 3.8) is 0 Å². The van der Waals surface area contributed by atoms with Crippen molar-refractivity contribution in [1.82, 2.24) is 24.5 Å². The van der Waals surface area contributed by atoms with Gasteiger partial charge in [-0.1, -0.05) is 38.1 Å². The third-order valence-corrected chi connectivity index (χ3v) is 17.7. The number of nitrogens with zero attached hydrogens (tertiary/aromatic N) is 5. The predicted molar refractivity (Wildman–Crippen MR) is 258 cm³/mol. The van der Waals surface area contributed by atoms with Crippen molar-refractivity contribution >= 4 is 44.0 Å². The number of anilines is 2. The van der Waals surface area contributed by atoms with Crippen LogP contribution in [0.25, 0.3) is 11.0 Å². The molecule has 2 saturated carbocycles. The number of aliphatic hydroxyl groups is 1. The number of pyridine rings is 1. The number of carbonyl (C=O) groups excluding carboxylic acids is 1. The number of rotatable bonds is 11. The van der Waals surface area contributed by atoms with Gasteiger partial charge in [-0.2, -0.15) is 0 Å². The summed E-state index contributed by atoms with van der Waals surface area (Å²) in [7, 11) is -2.46. The quantitative estimate of drug-likeness (QED) is 0.0567. The zero-order valence-electron chi connectivity index (χ0n) is 39.3. The number of hydrogen-bond acceptors (Lipinski definition) is 13. The van der Waals surface area contributed by atoms with Crippen molar-refractivity contribution in [1.29, 1.82) is 0 Å². The number of sulfonamides is 1. The molecule has 6 atom stereocenters. The first-order valence-electron chi connectivity index (χ1n) is 24.2. The van der Waals surface area contributed by atoms with Crippen LogP contribution in [0.5, 0.6) is 17.2 Å². The van der Waals surface area contributed by atoms with Gasteiger partial charge in [-0.05, 0) is 105 Å². The van der Waals surface area contributed by atoms with E-state index >= 15 is 0 Å². The number of aromatic nitrogens is 2. The summed E-state index contributed by atoms with van der Waals surface area (Å²) < 4.78 is 57.0. The first-order valence-corrected chi connectivity index (χ1v) is 25.7. The van der Waals surface area contributed by atoms with Crippen molar-refractivity contribution in [2.45, 2.75) is 112 Å². The number of benzene rings is 3. The molecule has 69 heavy (non-hydrogen) atoms. The molecule has 6 aliphatic rings.